The van der Waals surface area contributed by atoms with Crippen molar-refractivity contribution in [3.63, 3.8) is 0 Å². The van der Waals surface area contributed by atoms with Crippen LogP contribution in [0.25, 0.3) is 11.1 Å². The molecule has 0 atom stereocenters. The molecule has 1 fully saturated rings. The molecule has 3 aromatic rings. The summed E-state index contributed by atoms with van der Waals surface area (Å²) in [7, 11) is 0. The van der Waals surface area contributed by atoms with Crippen LogP contribution in [0.3, 0.4) is 0 Å². The van der Waals surface area contributed by atoms with Crippen LogP contribution in [0.1, 0.15) is 27.2 Å². The number of benzene rings is 2. The summed E-state index contributed by atoms with van der Waals surface area (Å²) >= 11 is 0. The van der Waals surface area contributed by atoms with Gasteiger partial charge in [-0.05, 0) is 47.0 Å². The number of aromatic nitrogens is 1. The number of pyridine rings is 1. The number of amides is 1. The molecule has 1 aliphatic rings. The highest BCUT2D eigenvalue weighted by Crippen LogP contribution is 2.34. The van der Waals surface area contributed by atoms with E-state index in [1.165, 1.54) is 24.3 Å². The van der Waals surface area contributed by atoms with Gasteiger partial charge in [-0.2, -0.15) is 13.2 Å². The zero-order chi connectivity index (χ0) is 22.9. The van der Waals surface area contributed by atoms with E-state index >= 15 is 0 Å². The van der Waals surface area contributed by atoms with Crippen LogP contribution in [0.2, 0.25) is 0 Å². The summed E-state index contributed by atoms with van der Waals surface area (Å²) in [6.45, 7) is -0.0970. The van der Waals surface area contributed by atoms with Crippen LogP contribution in [0.4, 0.5) is 17.6 Å². The molecule has 0 radical (unpaired) electrons. The molecule has 32 heavy (non-hydrogen) atoms. The molecule has 5 nitrogen and oxygen atoms in total. The summed E-state index contributed by atoms with van der Waals surface area (Å²) in [6.07, 6.45) is -3.52. The summed E-state index contributed by atoms with van der Waals surface area (Å²) in [5.41, 5.74) is 0.247. The zero-order valence-corrected chi connectivity index (χ0v) is 16.6. The molecule has 1 amide bonds. The molecule has 2 heterocycles. The van der Waals surface area contributed by atoms with Crippen LogP contribution in [-0.4, -0.2) is 29.2 Å². The highest BCUT2D eigenvalue weighted by molar-refractivity contribution is 5.94. The lowest BCUT2D eigenvalue weighted by Crippen LogP contribution is -2.59. The van der Waals surface area contributed by atoms with Gasteiger partial charge in [-0.1, -0.05) is 24.3 Å². The molecule has 0 aliphatic carbocycles. The second-order valence-electron chi connectivity index (χ2n) is 7.50. The van der Waals surface area contributed by atoms with Crippen LogP contribution in [0.15, 0.2) is 60.8 Å². The molecule has 166 valence electrons. The molecule has 0 bridgehead atoms. The quantitative estimate of drug-likeness (QED) is 0.580. The summed E-state index contributed by atoms with van der Waals surface area (Å²) < 4.78 is 57.2. The van der Waals surface area contributed by atoms with E-state index < -0.39 is 29.8 Å². The Morgan fingerprint density at radius 2 is 1.75 bits per heavy atom. The maximum Gasteiger partial charge on any atom is 0.433 e. The van der Waals surface area contributed by atoms with Gasteiger partial charge in [-0.3, -0.25) is 9.78 Å². The fraction of sp³-hybridized carbons (Fsp3) is 0.217. The van der Waals surface area contributed by atoms with Crippen molar-refractivity contribution in [2.24, 2.45) is 0 Å². The van der Waals surface area contributed by atoms with Gasteiger partial charge in [0.05, 0.1) is 19.8 Å². The van der Waals surface area contributed by atoms with Crippen LogP contribution in [0.5, 0.6) is 0 Å². The topological polar surface area (TPSA) is 71.5 Å². The number of nitrogens with zero attached hydrogens (tertiary/aromatic N) is 1. The van der Waals surface area contributed by atoms with E-state index in [-0.39, 0.29) is 24.7 Å². The molecule has 2 aromatic carbocycles. The van der Waals surface area contributed by atoms with Crippen LogP contribution < -0.4 is 5.32 Å². The number of carbonyl (C=O) groups is 1. The van der Waals surface area contributed by atoms with Gasteiger partial charge in [0.25, 0.3) is 5.91 Å². The van der Waals surface area contributed by atoms with Gasteiger partial charge in [-0.25, -0.2) is 4.39 Å². The number of aliphatic hydroxyl groups excluding tert-OH is 1. The van der Waals surface area contributed by atoms with Crippen LogP contribution >= 0.6 is 0 Å². The Labute approximate surface area is 180 Å². The second-order valence-corrected chi connectivity index (χ2v) is 7.50. The summed E-state index contributed by atoms with van der Waals surface area (Å²) in [5, 5.41) is 12.5. The fourth-order valence-corrected chi connectivity index (χ4v) is 3.52. The van der Waals surface area contributed by atoms with Crippen molar-refractivity contribution < 1.29 is 32.2 Å². The van der Waals surface area contributed by atoms with Crippen LogP contribution in [0, 0.1) is 5.82 Å². The molecule has 1 aliphatic heterocycles. The number of hydrogen-bond donors (Lipinski definition) is 2. The second kappa shape index (κ2) is 8.33. The largest absolute Gasteiger partial charge is 0.433 e. The Hall–Kier alpha value is -3.30. The predicted octanol–water partition coefficient (Wildman–Crippen LogP) is 4.05. The van der Waals surface area contributed by atoms with Gasteiger partial charge in [0.15, 0.2) is 0 Å². The monoisotopic (exact) mass is 446 g/mol. The number of alkyl halides is 3. The molecule has 0 saturated carbocycles. The number of carbonyl (C=O) groups excluding carboxylic acids is 1. The van der Waals surface area contributed by atoms with Gasteiger partial charge in [0.2, 0.25) is 0 Å². The third kappa shape index (κ3) is 4.21. The van der Waals surface area contributed by atoms with E-state index in [1.807, 2.05) is 0 Å². The number of aliphatic hydroxyl groups is 1. The smallest absolute Gasteiger partial charge is 0.392 e. The summed E-state index contributed by atoms with van der Waals surface area (Å²) in [6, 6.07) is 12.8. The Bertz CT molecular complexity index is 1130. The van der Waals surface area contributed by atoms with Crippen molar-refractivity contribution in [2.45, 2.75) is 18.3 Å². The van der Waals surface area contributed by atoms with Gasteiger partial charge in [0.1, 0.15) is 17.1 Å². The lowest BCUT2D eigenvalue weighted by Gasteiger charge is -2.42. The Morgan fingerprint density at radius 1 is 1.09 bits per heavy atom. The van der Waals surface area contributed by atoms with Gasteiger partial charge >= 0.3 is 6.18 Å². The SMILES string of the molecule is O=C(NC1(c2ccc(-c3cnc(C(F)(F)F)cc3CO)cc2)COC1)c1ccc(F)cc1. The third-order valence-electron chi connectivity index (χ3n) is 5.36. The number of nitrogens with one attached hydrogen (secondary N) is 1. The number of ether oxygens (including phenoxy) is 1. The minimum atomic E-state index is -4.61. The molecule has 2 N–H and O–H groups in total. The molecule has 0 unspecified atom stereocenters. The standard InChI is InChI=1S/C23H18F4N2O3/c24-18-7-3-15(4-8-18)21(31)29-22(12-32-13-22)17-5-1-14(2-6-17)19-10-28-20(23(25,26)27)9-16(19)11-30/h1-10,30H,11-13H2,(H,29,31). The molecule has 0 spiro atoms. The molecular weight excluding hydrogens is 428 g/mol. The molecule has 1 aromatic heterocycles. The number of halogens is 4. The lowest BCUT2D eigenvalue weighted by atomic mass is 9.86. The molecule has 4 rings (SSSR count). The normalized spacial score (nSPS) is 15.2. The maximum atomic E-state index is 13.1. The van der Waals surface area contributed by atoms with Gasteiger partial charge < -0.3 is 15.2 Å². The van der Waals surface area contributed by atoms with E-state index in [4.69, 9.17) is 4.74 Å². The summed E-state index contributed by atoms with van der Waals surface area (Å²) in [4.78, 5) is 16.1. The number of hydrogen-bond acceptors (Lipinski definition) is 4. The molecular formula is C23H18F4N2O3. The predicted molar refractivity (Wildman–Crippen MR) is 107 cm³/mol. The van der Waals surface area contributed by atoms with Crippen molar-refractivity contribution in [3.8, 4) is 11.1 Å². The first-order valence-electron chi connectivity index (χ1n) is 9.65. The maximum absolute atomic E-state index is 13.1. The average Bonchev–Trinajstić information content (AvgIpc) is 2.75. The molecule has 9 heteroatoms. The highest BCUT2D eigenvalue weighted by atomic mass is 19.4. The van der Waals surface area contributed by atoms with Crippen molar-refractivity contribution in [2.75, 3.05) is 13.2 Å². The van der Waals surface area contributed by atoms with E-state index in [9.17, 15) is 27.5 Å². The van der Waals surface area contributed by atoms with Gasteiger partial charge in [0, 0.05) is 17.3 Å². The molecule has 1 saturated heterocycles. The average molecular weight is 446 g/mol. The van der Waals surface area contributed by atoms with Crippen molar-refractivity contribution in [1.29, 1.82) is 0 Å². The Balaban J connectivity index is 1.59. The third-order valence-corrected chi connectivity index (χ3v) is 5.36. The minimum Gasteiger partial charge on any atom is -0.392 e. The van der Waals surface area contributed by atoms with E-state index in [1.54, 1.807) is 24.3 Å². The Morgan fingerprint density at radius 3 is 2.28 bits per heavy atom. The Kier molecular flexibility index (Phi) is 5.70. The van der Waals surface area contributed by atoms with Crippen molar-refractivity contribution in [1.82, 2.24) is 10.3 Å². The first-order valence-corrected chi connectivity index (χ1v) is 9.65. The van der Waals surface area contributed by atoms with E-state index in [0.29, 0.717) is 16.7 Å². The van der Waals surface area contributed by atoms with E-state index in [0.717, 1.165) is 17.8 Å². The number of rotatable bonds is 5. The minimum absolute atomic E-state index is 0.103. The highest BCUT2D eigenvalue weighted by Gasteiger charge is 2.42. The van der Waals surface area contributed by atoms with E-state index in [2.05, 4.69) is 10.3 Å². The first-order chi connectivity index (χ1) is 15.2. The lowest BCUT2D eigenvalue weighted by molar-refractivity contribution is -0.141. The zero-order valence-electron chi connectivity index (χ0n) is 16.6. The summed E-state index contributed by atoms with van der Waals surface area (Å²) in [5.74, 6) is -0.828. The fourth-order valence-electron chi connectivity index (χ4n) is 3.52. The first kappa shape index (κ1) is 21.9. The van der Waals surface area contributed by atoms with Crippen LogP contribution in [-0.2, 0) is 23.1 Å². The van der Waals surface area contributed by atoms with Crippen molar-refractivity contribution in [3.05, 3.63) is 89.0 Å². The van der Waals surface area contributed by atoms with Crippen molar-refractivity contribution >= 4 is 5.91 Å². The van der Waals surface area contributed by atoms with Gasteiger partial charge in [-0.15, -0.1) is 0 Å².